The first-order valence-electron chi connectivity index (χ1n) is 6.68. The standard InChI is InChI=1S/C15H18N4O2/c1-11(20)13-3-5-14(6-4-13)18-15(21)16-8-7-12-9-17-19(2)10-12/h3-6,9-10H,7-8H2,1-2H3,(H2,16,18,21). The lowest BCUT2D eigenvalue weighted by Crippen LogP contribution is -2.30. The molecular weight excluding hydrogens is 268 g/mol. The number of urea groups is 1. The van der Waals surface area contributed by atoms with E-state index in [1.54, 1.807) is 35.1 Å². The number of hydrogen-bond acceptors (Lipinski definition) is 3. The van der Waals surface area contributed by atoms with Crippen LogP contribution in [0, 0.1) is 0 Å². The van der Waals surface area contributed by atoms with E-state index < -0.39 is 0 Å². The van der Waals surface area contributed by atoms with Crippen LogP contribution in [0.3, 0.4) is 0 Å². The number of Topliss-reactive ketones (excluding diaryl/α,β-unsaturated/α-hetero) is 1. The van der Waals surface area contributed by atoms with Crippen LogP contribution < -0.4 is 10.6 Å². The number of nitrogens with zero attached hydrogens (tertiary/aromatic N) is 2. The van der Waals surface area contributed by atoms with Gasteiger partial charge >= 0.3 is 6.03 Å². The number of rotatable bonds is 5. The molecule has 2 N–H and O–H groups in total. The number of carbonyl (C=O) groups excluding carboxylic acids is 2. The molecule has 0 aliphatic carbocycles. The summed E-state index contributed by atoms with van der Waals surface area (Å²) in [7, 11) is 1.86. The van der Waals surface area contributed by atoms with E-state index in [0.29, 0.717) is 17.8 Å². The molecule has 6 heteroatoms. The second kappa shape index (κ2) is 6.69. The number of amides is 2. The molecule has 0 aliphatic rings. The third kappa shape index (κ3) is 4.45. The maximum absolute atomic E-state index is 11.7. The van der Waals surface area contributed by atoms with E-state index >= 15 is 0 Å². The van der Waals surface area contributed by atoms with Crippen LogP contribution in [0.1, 0.15) is 22.8 Å². The summed E-state index contributed by atoms with van der Waals surface area (Å²) in [6, 6.07) is 6.52. The summed E-state index contributed by atoms with van der Waals surface area (Å²) in [5.74, 6) is 0.00229. The van der Waals surface area contributed by atoms with Crippen molar-refractivity contribution in [2.75, 3.05) is 11.9 Å². The summed E-state index contributed by atoms with van der Waals surface area (Å²) < 4.78 is 1.73. The maximum atomic E-state index is 11.7. The number of anilines is 1. The van der Waals surface area contributed by atoms with Crippen LogP contribution in [-0.4, -0.2) is 28.1 Å². The minimum atomic E-state index is -0.269. The number of hydrogen-bond donors (Lipinski definition) is 2. The maximum Gasteiger partial charge on any atom is 0.319 e. The van der Waals surface area contributed by atoms with Gasteiger partial charge in [-0.15, -0.1) is 0 Å². The van der Waals surface area contributed by atoms with Gasteiger partial charge in [-0.1, -0.05) is 0 Å². The first-order chi connectivity index (χ1) is 10.0. The van der Waals surface area contributed by atoms with Crippen LogP contribution in [-0.2, 0) is 13.5 Å². The minimum Gasteiger partial charge on any atom is -0.338 e. The van der Waals surface area contributed by atoms with Gasteiger partial charge in [0.05, 0.1) is 6.20 Å². The minimum absolute atomic E-state index is 0.00229. The van der Waals surface area contributed by atoms with Crippen LogP contribution in [0.25, 0.3) is 0 Å². The predicted octanol–water partition coefficient (Wildman–Crippen LogP) is 1.99. The lowest BCUT2D eigenvalue weighted by Gasteiger charge is -2.07. The fraction of sp³-hybridized carbons (Fsp3) is 0.267. The molecule has 0 radical (unpaired) electrons. The van der Waals surface area contributed by atoms with E-state index in [1.165, 1.54) is 6.92 Å². The summed E-state index contributed by atoms with van der Waals surface area (Å²) in [6.45, 7) is 2.04. The lowest BCUT2D eigenvalue weighted by molar-refractivity contribution is 0.101. The van der Waals surface area contributed by atoms with Gasteiger partial charge < -0.3 is 10.6 Å². The van der Waals surface area contributed by atoms with E-state index in [2.05, 4.69) is 15.7 Å². The molecule has 0 bridgehead atoms. The van der Waals surface area contributed by atoms with Gasteiger partial charge in [0.25, 0.3) is 0 Å². The van der Waals surface area contributed by atoms with Crippen molar-refractivity contribution in [3.05, 3.63) is 47.8 Å². The number of aryl methyl sites for hydroxylation is 1. The van der Waals surface area contributed by atoms with Crippen molar-refractivity contribution < 1.29 is 9.59 Å². The first kappa shape index (κ1) is 14.8. The molecule has 2 amide bonds. The Hall–Kier alpha value is -2.63. The Labute approximate surface area is 123 Å². The van der Waals surface area contributed by atoms with Gasteiger partial charge in [0.15, 0.2) is 5.78 Å². The van der Waals surface area contributed by atoms with Crippen molar-refractivity contribution >= 4 is 17.5 Å². The SMILES string of the molecule is CC(=O)c1ccc(NC(=O)NCCc2cnn(C)c2)cc1. The lowest BCUT2D eigenvalue weighted by atomic mass is 10.1. The summed E-state index contributed by atoms with van der Waals surface area (Å²) in [5.41, 5.74) is 2.35. The fourth-order valence-electron chi connectivity index (χ4n) is 1.88. The zero-order valence-electron chi connectivity index (χ0n) is 12.1. The van der Waals surface area contributed by atoms with E-state index in [-0.39, 0.29) is 11.8 Å². The largest absolute Gasteiger partial charge is 0.338 e. The Morgan fingerprint density at radius 3 is 2.52 bits per heavy atom. The van der Waals surface area contributed by atoms with Gasteiger partial charge in [0.1, 0.15) is 0 Å². The molecule has 2 rings (SSSR count). The van der Waals surface area contributed by atoms with Crippen LogP contribution >= 0.6 is 0 Å². The summed E-state index contributed by atoms with van der Waals surface area (Å²) in [4.78, 5) is 22.9. The molecule has 6 nitrogen and oxygen atoms in total. The average Bonchev–Trinajstić information content (AvgIpc) is 2.85. The predicted molar refractivity (Wildman–Crippen MR) is 80.4 cm³/mol. The molecule has 110 valence electrons. The molecule has 0 fully saturated rings. The van der Waals surface area contributed by atoms with Crippen LogP contribution in [0.4, 0.5) is 10.5 Å². The summed E-state index contributed by atoms with van der Waals surface area (Å²) in [5, 5.41) is 9.55. The van der Waals surface area contributed by atoms with Crippen molar-refractivity contribution in [1.82, 2.24) is 15.1 Å². The second-order valence-corrected chi connectivity index (χ2v) is 4.79. The highest BCUT2D eigenvalue weighted by Gasteiger charge is 2.03. The molecule has 2 aromatic rings. The zero-order chi connectivity index (χ0) is 15.2. The zero-order valence-corrected chi connectivity index (χ0v) is 12.1. The Morgan fingerprint density at radius 1 is 1.24 bits per heavy atom. The van der Waals surface area contributed by atoms with E-state index in [4.69, 9.17) is 0 Å². The molecule has 1 aromatic carbocycles. The van der Waals surface area contributed by atoms with E-state index in [9.17, 15) is 9.59 Å². The third-order valence-corrected chi connectivity index (χ3v) is 3.01. The molecule has 1 heterocycles. The monoisotopic (exact) mass is 286 g/mol. The highest BCUT2D eigenvalue weighted by atomic mass is 16.2. The molecule has 0 saturated heterocycles. The second-order valence-electron chi connectivity index (χ2n) is 4.79. The molecule has 1 aromatic heterocycles. The molecule has 0 unspecified atom stereocenters. The summed E-state index contributed by atoms with van der Waals surface area (Å²) >= 11 is 0. The molecule has 0 saturated carbocycles. The molecule has 0 aliphatic heterocycles. The van der Waals surface area contributed by atoms with E-state index in [0.717, 1.165) is 12.0 Å². The number of benzene rings is 1. The number of ketones is 1. The van der Waals surface area contributed by atoms with Gasteiger partial charge in [-0.3, -0.25) is 9.48 Å². The fourth-order valence-corrected chi connectivity index (χ4v) is 1.88. The van der Waals surface area contributed by atoms with Gasteiger partial charge in [0.2, 0.25) is 0 Å². The number of carbonyl (C=O) groups is 2. The third-order valence-electron chi connectivity index (χ3n) is 3.01. The van der Waals surface area contributed by atoms with Crippen LogP contribution in [0.5, 0.6) is 0 Å². The van der Waals surface area contributed by atoms with Crippen molar-refractivity contribution in [1.29, 1.82) is 0 Å². The van der Waals surface area contributed by atoms with Gasteiger partial charge in [-0.05, 0) is 43.2 Å². The van der Waals surface area contributed by atoms with Gasteiger partial charge in [-0.25, -0.2) is 4.79 Å². The Morgan fingerprint density at radius 2 is 1.95 bits per heavy atom. The smallest absolute Gasteiger partial charge is 0.319 e. The number of aromatic nitrogens is 2. The Kier molecular flexibility index (Phi) is 4.71. The molecule has 21 heavy (non-hydrogen) atoms. The highest BCUT2D eigenvalue weighted by Crippen LogP contribution is 2.09. The summed E-state index contributed by atoms with van der Waals surface area (Å²) in [6.07, 6.45) is 4.42. The highest BCUT2D eigenvalue weighted by molar-refractivity contribution is 5.95. The van der Waals surface area contributed by atoms with Gasteiger partial charge in [0, 0.05) is 31.0 Å². The molecule has 0 spiro atoms. The first-order valence-corrected chi connectivity index (χ1v) is 6.68. The van der Waals surface area contributed by atoms with Crippen molar-refractivity contribution in [2.45, 2.75) is 13.3 Å². The average molecular weight is 286 g/mol. The van der Waals surface area contributed by atoms with Crippen molar-refractivity contribution in [3.63, 3.8) is 0 Å². The van der Waals surface area contributed by atoms with Gasteiger partial charge in [-0.2, -0.15) is 5.10 Å². The Bertz CT molecular complexity index is 631. The number of nitrogens with one attached hydrogen (secondary N) is 2. The van der Waals surface area contributed by atoms with Crippen molar-refractivity contribution in [3.8, 4) is 0 Å². The quantitative estimate of drug-likeness (QED) is 0.825. The van der Waals surface area contributed by atoms with E-state index in [1.807, 2.05) is 13.2 Å². The van der Waals surface area contributed by atoms with Crippen LogP contribution in [0.15, 0.2) is 36.7 Å². The normalized spacial score (nSPS) is 10.2. The van der Waals surface area contributed by atoms with Crippen LogP contribution in [0.2, 0.25) is 0 Å². The molecular formula is C15H18N4O2. The molecule has 0 atom stereocenters. The Balaban J connectivity index is 1.77. The topological polar surface area (TPSA) is 76.0 Å². The van der Waals surface area contributed by atoms with Crippen molar-refractivity contribution in [2.24, 2.45) is 7.05 Å².